The Morgan fingerprint density at radius 1 is 1.22 bits per heavy atom. The van der Waals surface area contributed by atoms with Crippen LogP contribution in [0.2, 0.25) is 5.02 Å². The van der Waals surface area contributed by atoms with Crippen molar-refractivity contribution >= 4 is 17.3 Å². The van der Waals surface area contributed by atoms with Crippen LogP contribution in [0, 0.1) is 0 Å². The maximum atomic E-state index is 5.88. The number of nitrogens with zero attached hydrogens (tertiary/aromatic N) is 2. The van der Waals surface area contributed by atoms with Gasteiger partial charge in [-0.15, -0.1) is 0 Å². The maximum absolute atomic E-state index is 5.88. The highest BCUT2D eigenvalue weighted by Gasteiger charge is 2.06. The molecule has 4 nitrogen and oxygen atoms in total. The number of anilines is 1. The van der Waals surface area contributed by atoms with Crippen LogP contribution in [0.1, 0.15) is 6.42 Å². The van der Waals surface area contributed by atoms with Gasteiger partial charge in [0.15, 0.2) is 0 Å². The highest BCUT2D eigenvalue weighted by atomic mass is 35.5. The van der Waals surface area contributed by atoms with Crippen molar-refractivity contribution in [2.24, 2.45) is 5.73 Å². The molecule has 0 atom stereocenters. The Hall–Kier alpha value is -1.65. The van der Waals surface area contributed by atoms with Gasteiger partial charge in [0.25, 0.3) is 0 Å². The summed E-state index contributed by atoms with van der Waals surface area (Å²) in [4.78, 5) is 8.35. The number of nitrogens with one attached hydrogen (secondary N) is 1. The average Bonchev–Trinajstić information content (AvgIpc) is 2.41. The van der Waals surface area contributed by atoms with E-state index >= 15 is 0 Å². The second kappa shape index (κ2) is 6.33. The van der Waals surface area contributed by atoms with E-state index in [1.54, 1.807) is 6.20 Å². The van der Waals surface area contributed by atoms with Crippen molar-refractivity contribution in [3.8, 4) is 11.3 Å². The van der Waals surface area contributed by atoms with Crippen molar-refractivity contribution in [1.29, 1.82) is 0 Å². The summed E-state index contributed by atoms with van der Waals surface area (Å²) in [6, 6.07) is 7.59. The third kappa shape index (κ3) is 3.18. The van der Waals surface area contributed by atoms with Gasteiger partial charge in [-0.1, -0.05) is 23.7 Å². The van der Waals surface area contributed by atoms with Crippen LogP contribution in [-0.2, 0) is 0 Å². The van der Waals surface area contributed by atoms with E-state index in [9.17, 15) is 0 Å². The van der Waals surface area contributed by atoms with Crippen LogP contribution in [0.15, 0.2) is 36.8 Å². The third-order valence-corrected chi connectivity index (χ3v) is 2.78. The van der Waals surface area contributed by atoms with Crippen LogP contribution >= 0.6 is 11.6 Å². The summed E-state index contributed by atoms with van der Waals surface area (Å²) in [7, 11) is 0. The fraction of sp³-hybridized carbons (Fsp3) is 0.231. The monoisotopic (exact) mass is 262 g/mol. The number of aromatic nitrogens is 2. The number of rotatable bonds is 5. The van der Waals surface area contributed by atoms with Crippen LogP contribution in [0.4, 0.5) is 5.69 Å². The molecule has 0 aliphatic heterocycles. The minimum Gasteiger partial charge on any atom is -0.382 e. The first kappa shape index (κ1) is 12.8. The molecule has 1 aromatic heterocycles. The zero-order valence-corrected chi connectivity index (χ0v) is 10.7. The van der Waals surface area contributed by atoms with E-state index in [1.807, 2.05) is 24.3 Å². The highest BCUT2D eigenvalue weighted by Crippen LogP contribution is 2.25. The van der Waals surface area contributed by atoms with E-state index in [4.69, 9.17) is 17.3 Å². The zero-order valence-electron chi connectivity index (χ0n) is 9.94. The summed E-state index contributed by atoms with van der Waals surface area (Å²) in [5.74, 6) is 0. The van der Waals surface area contributed by atoms with E-state index in [1.165, 1.54) is 6.33 Å². The van der Waals surface area contributed by atoms with Crippen LogP contribution in [0.3, 0.4) is 0 Å². The Morgan fingerprint density at radius 2 is 2.00 bits per heavy atom. The Bertz CT molecular complexity index is 499. The summed E-state index contributed by atoms with van der Waals surface area (Å²) in [5.41, 5.74) is 8.27. The van der Waals surface area contributed by atoms with Crippen LogP contribution < -0.4 is 11.1 Å². The fourth-order valence-electron chi connectivity index (χ4n) is 1.62. The lowest BCUT2D eigenvalue weighted by atomic mass is 10.1. The zero-order chi connectivity index (χ0) is 12.8. The van der Waals surface area contributed by atoms with Crippen molar-refractivity contribution < 1.29 is 0 Å². The quantitative estimate of drug-likeness (QED) is 0.813. The Labute approximate surface area is 111 Å². The molecular weight excluding hydrogens is 248 g/mol. The minimum absolute atomic E-state index is 0.664. The normalized spacial score (nSPS) is 10.3. The molecule has 0 spiro atoms. The van der Waals surface area contributed by atoms with Gasteiger partial charge >= 0.3 is 0 Å². The van der Waals surface area contributed by atoms with Crippen molar-refractivity contribution in [2.45, 2.75) is 6.42 Å². The molecule has 2 aromatic rings. The Balaban J connectivity index is 2.23. The molecule has 0 fully saturated rings. The number of halogens is 1. The molecule has 0 saturated heterocycles. The van der Waals surface area contributed by atoms with Crippen molar-refractivity contribution in [3.63, 3.8) is 0 Å². The molecule has 0 saturated carbocycles. The number of hydrogen-bond donors (Lipinski definition) is 2. The molecular formula is C13H15ClN4. The minimum atomic E-state index is 0.664. The first-order valence-corrected chi connectivity index (χ1v) is 6.19. The standard InChI is InChI=1S/C13H15ClN4/c14-11-4-2-10(3-5-11)13-12(8-16-9-18-13)17-7-1-6-15/h2-5,8-9,17H,1,6-7,15H2. The molecule has 0 bridgehead atoms. The molecule has 94 valence electrons. The van der Waals surface area contributed by atoms with Crippen LogP contribution in [0.25, 0.3) is 11.3 Å². The van der Waals surface area contributed by atoms with E-state index in [2.05, 4.69) is 15.3 Å². The van der Waals surface area contributed by atoms with Gasteiger partial charge in [-0.25, -0.2) is 9.97 Å². The maximum Gasteiger partial charge on any atom is 0.116 e. The first-order chi connectivity index (χ1) is 8.81. The van der Waals surface area contributed by atoms with E-state index < -0.39 is 0 Å². The van der Waals surface area contributed by atoms with Gasteiger partial charge in [0.2, 0.25) is 0 Å². The molecule has 2 rings (SSSR count). The van der Waals surface area contributed by atoms with Crippen molar-refractivity contribution in [2.75, 3.05) is 18.4 Å². The number of nitrogens with two attached hydrogens (primary N) is 1. The van der Waals surface area contributed by atoms with Gasteiger partial charge in [0.1, 0.15) is 6.33 Å². The molecule has 1 aromatic carbocycles. The topological polar surface area (TPSA) is 63.8 Å². The smallest absolute Gasteiger partial charge is 0.116 e. The lowest BCUT2D eigenvalue weighted by Crippen LogP contribution is -2.09. The summed E-state index contributed by atoms with van der Waals surface area (Å²) < 4.78 is 0. The summed E-state index contributed by atoms with van der Waals surface area (Å²) >= 11 is 5.88. The molecule has 0 aliphatic rings. The van der Waals surface area contributed by atoms with Gasteiger partial charge in [0, 0.05) is 17.1 Å². The van der Waals surface area contributed by atoms with Crippen molar-refractivity contribution in [3.05, 3.63) is 41.8 Å². The number of benzene rings is 1. The molecule has 0 radical (unpaired) electrons. The molecule has 0 unspecified atom stereocenters. The SMILES string of the molecule is NCCCNc1cncnc1-c1ccc(Cl)cc1. The second-order valence-corrected chi connectivity index (χ2v) is 4.30. The van der Waals surface area contributed by atoms with Crippen LogP contribution in [-0.4, -0.2) is 23.1 Å². The number of hydrogen-bond acceptors (Lipinski definition) is 4. The fourth-order valence-corrected chi connectivity index (χ4v) is 1.75. The van der Waals surface area contributed by atoms with Gasteiger partial charge in [-0.2, -0.15) is 0 Å². The summed E-state index contributed by atoms with van der Waals surface area (Å²) in [6.45, 7) is 1.47. The summed E-state index contributed by atoms with van der Waals surface area (Å²) in [5, 5.41) is 4.00. The third-order valence-electron chi connectivity index (χ3n) is 2.53. The molecule has 18 heavy (non-hydrogen) atoms. The molecule has 3 N–H and O–H groups in total. The van der Waals surface area contributed by atoms with Gasteiger partial charge in [0.05, 0.1) is 17.6 Å². The Kier molecular flexibility index (Phi) is 4.50. The van der Waals surface area contributed by atoms with Gasteiger partial charge < -0.3 is 11.1 Å². The summed E-state index contributed by atoms with van der Waals surface area (Å²) in [6.07, 6.45) is 4.22. The van der Waals surface area contributed by atoms with E-state index in [-0.39, 0.29) is 0 Å². The average molecular weight is 263 g/mol. The van der Waals surface area contributed by atoms with Gasteiger partial charge in [-0.3, -0.25) is 0 Å². The lowest BCUT2D eigenvalue weighted by Gasteiger charge is -2.10. The van der Waals surface area contributed by atoms with Crippen molar-refractivity contribution in [1.82, 2.24) is 9.97 Å². The van der Waals surface area contributed by atoms with E-state index in [0.29, 0.717) is 11.6 Å². The molecule has 0 aliphatic carbocycles. The predicted molar refractivity (Wildman–Crippen MR) is 74.6 cm³/mol. The van der Waals surface area contributed by atoms with E-state index in [0.717, 1.165) is 29.9 Å². The lowest BCUT2D eigenvalue weighted by molar-refractivity contribution is 0.873. The largest absolute Gasteiger partial charge is 0.382 e. The Morgan fingerprint density at radius 3 is 2.72 bits per heavy atom. The molecule has 1 heterocycles. The highest BCUT2D eigenvalue weighted by molar-refractivity contribution is 6.30. The second-order valence-electron chi connectivity index (χ2n) is 3.86. The molecule has 0 amide bonds. The predicted octanol–water partition coefficient (Wildman–Crippen LogP) is 2.56. The van der Waals surface area contributed by atoms with Crippen LogP contribution in [0.5, 0.6) is 0 Å². The first-order valence-electron chi connectivity index (χ1n) is 5.81. The van der Waals surface area contributed by atoms with Gasteiger partial charge in [-0.05, 0) is 25.1 Å². The molecule has 5 heteroatoms.